The summed E-state index contributed by atoms with van der Waals surface area (Å²) in [6.45, 7) is 2.03. The number of pyridine rings is 1. The molecule has 0 fully saturated rings. The first-order chi connectivity index (χ1) is 13.8. The lowest BCUT2D eigenvalue weighted by molar-refractivity contribution is 0.626. The van der Waals surface area contributed by atoms with Gasteiger partial charge in [-0.05, 0) is 55.7 Å². The van der Waals surface area contributed by atoms with Crippen molar-refractivity contribution in [3.8, 4) is 0 Å². The van der Waals surface area contributed by atoms with Crippen LogP contribution in [0.4, 0.5) is 5.69 Å². The minimum Gasteiger partial charge on any atom is -0.355 e. The lowest BCUT2D eigenvalue weighted by atomic mass is 9.93. The fourth-order valence-corrected chi connectivity index (χ4v) is 4.17. The number of nitrogens with zero attached hydrogens (tertiary/aromatic N) is 2. The van der Waals surface area contributed by atoms with Crippen LogP contribution in [0.15, 0.2) is 79.1 Å². The fourth-order valence-electron chi connectivity index (χ4n) is 4.17. The predicted molar refractivity (Wildman–Crippen MR) is 116 cm³/mol. The molecule has 0 amide bonds. The molecule has 0 saturated heterocycles. The molecule has 2 aromatic heterocycles. The summed E-state index contributed by atoms with van der Waals surface area (Å²) in [5.41, 5.74) is 7.39. The molecular formula is C25H23N3. The molecule has 1 aliphatic heterocycles. The van der Waals surface area contributed by atoms with Gasteiger partial charge in [-0.2, -0.15) is 0 Å². The summed E-state index contributed by atoms with van der Waals surface area (Å²) < 4.78 is 0. The summed E-state index contributed by atoms with van der Waals surface area (Å²) >= 11 is 0. The Morgan fingerprint density at radius 1 is 0.964 bits per heavy atom. The van der Waals surface area contributed by atoms with E-state index in [0.29, 0.717) is 0 Å². The lowest BCUT2D eigenvalue weighted by Crippen LogP contribution is -2.26. The van der Waals surface area contributed by atoms with Crippen molar-refractivity contribution in [1.82, 2.24) is 9.97 Å². The van der Waals surface area contributed by atoms with Crippen LogP contribution in [0.5, 0.6) is 0 Å². The van der Waals surface area contributed by atoms with Crippen LogP contribution in [-0.4, -0.2) is 9.97 Å². The van der Waals surface area contributed by atoms with E-state index in [4.69, 9.17) is 0 Å². The average Bonchev–Trinajstić information content (AvgIpc) is 3.13. The van der Waals surface area contributed by atoms with Crippen LogP contribution in [0, 0.1) is 6.92 Å². The van der Waals surface area contributed by atoms with Crippen molar-refractivity contribution in [2.45, 2.75) is 25.8 Å². The standard InChI is InChI=1S/C25H23N3/c1-18-11-12-19(17-26-18)13-14-24-25-21-9-5-6-10-22(21)27-23(25)15-16-28(24)20-7-3-2-4-8-20/h2-12,15-17,24,27H,13-14H2,1H3. The van der Waals surface area contributed by atoms with Crippen molar-refractivity contribution < 1.29 is 0 Å². The zero-order valence-corrected chi connectivity index (χ0v) is 16.0. The van der Waals surface area contributed by atoms with Crippen LogP contribution >= 0.6 is 0 Å². The quantitative estimate of drug-likeness (QED) is 0.478. The van der Waals surface area contributed by atoms with Crippen LogP contribution in [0.2, 0.25) is 0 Å². The number of H-pyrrole nitrogens is 1. The normalized spacial score (nSPS) is 15.8. The van der Waals surface area contributed by atoms with Gasteiger partial charge in [0.1, 0.15) is 0 Å². The smallest absolute Gasteiger partial charge is 0.0616 e. The molecule has 3 nitrogen and oxygen atoms in total. The fraction of sp³-hybridized carbons (Fsp3) is 0.160. The lowest BCUT2D eigenvalue weighted by Gasteiger charge is -2.34. The first-order valence-corrected chi connectivity index (χ1v) is 9.83. The third-order valence-corrected chi connectivity index (χ3v) is 5.58. The number of para-hydroxylation sites is 2. The molecule has 138 valence electrons. The molecule has 4 aromatic rings. The van der Waals surface area contributed by atoms with Gasteiger partial charge in [0.15, 0.2) is 0 Å². The summed E-state index contributed by atoms with van der Waals surface area (Å²) in [6.07, 6.45) is 8.45. The van der Waals surface area contributed by atoms with Gasteiger partial charge in [-0.3, -0.25) is 4.98 Å². The average molecular weight is 365 g/mol. The van der Waals surface area contributed by atoms with E-state index >= 15 is 0 Å². The first kappa shape index (κ1) is 16.8. The number of hydrogen-bond acceptors (Lipinski definition) is 2. The Morgan fingerprint density at radius 2 is 1.79 bits per heavy atom. The number of aryl methyl sites for hydroxylation is 2. The maximum absolute atomic E-state index is 4.47. The second-order valence-corrected chi connectivity index (χ2v) is 7.42. The molecule has 3 heteroatoms. The number of hydrogen-bond donors (Lipinski definition) is 1. The predicted octanol–water partition coefficient (Wildman–Crippen LogP) is 6.04. The Labute approximate surface area is 165 Å². The summed E-state index contributed by atoms with van der Waals surface area (Å²) in [5.74, 6) is 0. The highest BCUT2D eigenvalue weighted by molar-refractivity contribution is 5.89. The number of nitrogens with one attached hydrogen (secondary N) is 1. The number of anilines is 1. The van der Waals surface area contributed by atoms with Crippen molar-refractivity contribution >= 4 is 22.7 Å². The van der Waals surface area contributed by atoms with E-state index in [1.165, 1.54) is 33.4 Å². The number of fused-ring (bicyclic) bond motifs is 3. The van der Waals surface area contributed by atoms with Gasteiger partial charge in [0.25, 0.3) is 0 Å². The van der Waals surface area contributed by atoms with Gasteiger partial charge in [-0.1, -0.05) is 42.5 Å². The third kappa shape index (κ3) is 2.99. The largest absolute Gasteiger partial charge is 0.355 e. The molecule has 1 aliphatic rings. The van der Waals surface area contributed by atoms with Gasteiger partial charge in [0, 0.05) is 45.9 Å². The van der Waals surface area contributed by atoms with E-state index in [0.717, 1.165) is 18.5 Å². The molecule has 3 heterocycles. The molecular weight excluding hydrogens is 342 g/mol. The van der Waals surface area contributed by atoms with Crippen LogP contribution in [0.1, 0.15) is 35.0 Å². The van der Waals surface area contributed by atoms with Gasteiger partial charge < -0.3 is 9.88 Å². The molecule has 1 atom stereocenters. The number of aromatic amines is 1. The molecule has 5 rings (SSSR count). The van der Waals surface area contributed by atoms with Gasteiger partial charge in [0.05, 0.1) is 6.04 Å². The van der Waals surface area contributed by atoms with Crippen molar-refractivity contribution in [2.75, 3.05) is 4.90 Å². The topological polar surface area (TPSA) is 31.9 Å². The van der Waals surface area contributed by atoms with Crippen molar-refractivity contribution in [3.05, 3.63) is 102 Å². The molecule has 0 saturated carbocycles. The minimum atomic E-state index is 0.278. The minimum absolute atomic E-state index is 0.278. The van der Waals surface area contributed by atoms with Crippen LogP contribution < -0.4 is 4.90 Å². The molecule has 28 heavy (non-hydrogen) atoms. The maximum Gasteiger partial charge on any atom is 0.0616 e. The summed E-state index contributed by atoms with van der Waals surface area (Å²) in [5, 5.41) is 1.31. The van der Waals surface area contributed by atoms with Gasteiger partial charge in [-0.25, -0.2) is 0 Å². The van der Waals surface area contributed by atoms with Crippen molar-refractivity contribution in [2.24, 2.45) is 0 Å². The van der Waals surface area contributed by atoms with Gasteiger partial charge in [0.2, 0.25) is 0 Å². The molecule has 1 N–H and O–H groups in total. The second-order valence-electron chi connectivity index (χ2n) is 7.42. The highest BCUT2D eigenvalue weighted by atomic mass is 15.2. The highest BCUT2D eigenvalue weighted by Gasteiger charge is 2.28. The highest BCUT2D eigenvalue weighted by Crippen LogP contribution is 2.40. The number of aromatic nitrogens is 2. The van der Waals surface area contributed by atoms with E-state index in [1.54, 1.807) is 0 Å². The Bertz CT molecular complexity index is 1120. The van der Waals surface area contributed by atoms with E-state index in [-0.39, 0.29) is 6.04 Å². The van der Waals surface area contributed by atoms with Crippen LogP contribution in [0.3, 0.4) is 0 Å². The summed E-state index contributed by atoms with van der Waals surface area (Å²) in [6, 6.07) is 23.8. The Morgan fingerprint density at radius 3 is 2.61 bits per heavy atom. The van der Waals surface area contributed by atoms with E-state index in [9.17, 15) is 0 Å². The molecule has 1 unspecified atom stereocenters. The van der Waals surface area contributed by atoms with Gasteiger partial charge in [-0.15, -0.1) is 0 Å². The zero-order valence-electron chi connectivity index (χ0n) is 16.0. The van der Waals surface area contributed by atoms with Gasteiger partial charge >= 0.3 is 0 Å². The Hall–Kier alpha value is -3.33. The zero-order chi connectivity index (χ0) is 18.9. The first-order valence-electron chi connectivity index (χ1n) is 9.83. The molecule has 0 radical (unpaired) electrons. The number of rotatable bonds is 4. The monoisotopic (exact) mass is 365 g/mol. The van der Waals surface area contributed by atoms with E-state index < -0.39 is 0 Å². The van der Waals surface area contributed by atoms with E-state index in [2.05, 4.69) is 93.9 Å². The number of benzene rings is 2. The van der Waals surface area contributed by atoms with Crippen molar-refractivity contribution in [1.29, 1.82) is 0 Å². The second kappa shape index (κ2) is 7.01. The molecule has 2 aromatic carbocycles. The molecule has 0 spiro atoms. The Kier molecular flexibility index (Phi) is 4.21. The third-order valence-electron chi connectivity index (χ3n) is 5.58. The van der Waals surface area contributed by atoms with Crippen molar-refractivity contribution in [3.63, 3.8) is 0 Å². The maximum atomic E-state index is 4.47. The van der Waals surface area contributed by atoms with E-state index in [1.807, 2.05) is 13.1 Å². The summed E-state index contributed by atoms with van der Waals surface area (Å²) in [4.78, 5) is 10.5. The summed E-state index contributed by atoms with van der Waals surface area (Å²) in [7, 11) is 0. The Balaban J connectivity index is 1.56. The molecule has 0 bridgehead atoms. The molecule has 0 aliphatic carbocycles. The van der Waals surface area contributed by atoms with Crippen LogP contribution in [-0.2, 0) is 6.42 Å². The SMILES string of the molecule is Cc1ccc(CCC2c3c([nH]c4ccccc34)C=CN2c2ccccc2)cn1. The van der Waals surface area contributed by atoms with Crippen LogP contribution in [0.25, 0.3) is 17.0 Å².